The first-order chi connectivity index (χ1) is 9.99. The second kappa shape index (κ2) is 4.96. The minimum absolute atomic E-state index is 0.0202. The minimum Gasteiger partial charge on any atom is -0.478 e. The van der Waals surface area contributed by atoms with E-state index in [0.717, 1.165) is 0 Å². The van der Waals surface area contributed by atoms with Gasteiger partial charge in [0.05, 0.1) is 16.7 Å². The van der Waals surface area contributed by atoms with Crippen LogP contribution in [-0.4, -0.2) is 58.9 Å². The number of nitrogens with zero attached hydrogens (tertiary/aromatic N) is 2. The van der Waals surface area contributed by atoms with Gasteiger partial charge in [0.25, 0.3) is 11.8 Å². The number of aromatic carboxylic acids is 1. The summed E-state index contributed by atoms with van der Waals surface area (Å²) in [7, 11) is 1.98. The van der Waals surface area contributed by atoms with Crippen LogP contribution in [0.4, 0.5) is 0 Å². The Morgan fingerprint density at radius 1 is 1.29 bits per heavy atom. The summed E-state index contributed by atoms with van der Waals surface area (Å²) >= 11 is 0. The Labute approximate surface area is 122 Å². The topological polar surface area (TPSA) is 77.9 Å². The zero-order chi connectivity index (χ0) is 15.1. The van der Waals surface area contributed by atoms with Crippen molar-refractivity contribution in [3.05, 3.63) is 34.9 Å². The van der Waals surface area contributed by atoms with Gasteiger partial charge in [-0.25, -0.2) is 4.79 Å². The minimum atomic E-state index is -1.11. The van der Waals surface area contributed by atoms with Crippen LogP contribution in [0.25, 0.3) is 0 Å². The summed E-state index contributed by atoms with van der Waals surface area (Å²) < 4.78 is 0. The van der Waals surface area contributed by atoms with Crippen molar-refractivity contribution < 1.29 is 19.5 Å². The number of rotatable bonds is 5. The molecule has 0 aromatic heterocycles. The Balaban J connectivity index is 1.77. The van der Waals surface area contributed by atoms with Crippen molar-refractivity contribution in [1.82, 2.24) is 9.80 Å². The van der Waals surface area contributed by atoms with Gasteiger partial charge in [-0.15, -0.1) is 0 Å². The Morgan fingerprint density at radius 2 is 1.95 bits per heavy atom. The Morgan fingerprint density at radius 3 is 2.57 bits per heavy atom. The number of hydrogen-bond donors (Lipinski definition) is 1. The molecular weight excluding hydrogens is 272 g/mol. The van der Waals surface area contributed by atoms with Crippen LogP contribution in [-0.2, 0) is 0 Å². The molecule has 2 amide bonds. The lowest BCUT2D eigenvalue weighted by molar-refractivity contribution is 0.0638. The van der Waals surface area contributed by atoms with Crippen molar-refractivity contribution in [1.29, 1.82) is 0 Å². The number of fused-ring (bicyclic) bond motifs is 1. The Hall–Kier alpha value is -2.21. The van der Waals surface area contributed by atoms with E-state index in [4.69, 9.17) is 5.11 Å². The Kier molecular flexibility index (Phi) is 3.25. The molecule has 1 aromatic rings. The summed E-state index contributed by atoms with van der Waals surface area (Å²) in [6, 6.07) is 4.62. The van der Waals surface area contributed by atoms with Gasteiger partial charge < -0.3 is 10.0 Å². The maximum absolute atomic E-state index is 12.3. The zero-order valence-corrected chi connectivity index (χ0v) is 11.7. The molecule has 1 N–H and O–H groups in total. The summed E-state index contributed by atoms with van der Waals surface area (Å²) in [6.45, 7) is 0.976. The van der Waals surface area contributed by atoms with Gasteiger partial charge in [0.2, 0.25) is 0 Å². The molecule has 1 aromatic carbocycles. The van der Waals surface area contributed by atoms with Crippen LogP contribution >= 0.6 is 0 Å². The van der Waals surface area contributed by atoms with E-state index in [1.165, 1.54) is 35.9 Å². The number of imide groups is 1. The van der Waals surface area contributed by atoms with E-state index in [1.807, 2.05) is 7.05 Å². The normalized spacial score (nSPS) is 17.5. The van der Waals surface area contributed by atoms with Crippen molar-refractivity contribution >= 4 is 17.8 Å². The van der Waals surface area contributed by atoms with Crippen LogP contribution in [0, 0.1) is 0 Å². The fourth-order valence-corrected chi connectivity index (χ4v) is 2.58. The molecule has 6 heteroatoms. The summed E-state index contributed by atoms with van der Waals surface area (Å²) in [5.74, 6) is -1.84. The average Bonchev–Trinajstić information content (AvgIpc) is 3.27. The molecule has 110 valence electrons. The highest BCUT2D eigenvalue weighted by Crippen LogP contribution is 2.27. The molecule has 1 aliphatic carbocycles. The molecule has 0 spiro atoms. The number of amides is 2. The first-order valence-corrected chi connectivity index (χ1v) is 6.93. The third-order valence-electron chi connectivity index (χ3n) is 4.06. The van der Waals surface area contributed by atoms with Gasteiger partial charge in [-0.3, -0.25) is 14.5 Å². The number of carbonyl (C=O) groups excluding carboxylic acids is 2. The van der Waals surface area contributed by atoms with Gasteiger partial charge in [-0.1, -0.05) is 0 Å². The van der Waals surface area contributed by atoms with E-state index in [-0.39, 0.29) is 17.0 Å². The second-order valence-corrected chi connectivity index (χ2v) is 5.54. The molecule has 21 heavy (non-hydrogen) atoms. The molecular formula is C15H16N2O4. The summed E-state index contributed by atoms with van der Waals surface area (Å²) in [6.07, 6.45) is 2.33. The molecule has 3 rings (SSSR count). The fourth-order valence-electron chi connectivity index (χ4n) is 2.58. The maximum Gasteiger partial charge on any atom is 0.335 e. The zero-order valence-electron chi connectivity index (χ0n) is 11.7. The predicted molar refractivity (Wildman–Crippen MR) is 74.4 cm³/mol. The molecule has 2 aliphatic rings. The van der Waals surface area contributed by atoms with Crippen molar-refractivity contribution in [2.45, 2.75) is 18.9 Å². The molecule has 1 fully saturated rings. The van der Waals surface area contributed by atoms with E-state index in [9.17, 15) is 14.4 Å². The molecule has 0 unspecified atom stereocenters. The van der Waals surface area contributed by atoms with Gasteiger partial charge in [0.1, 0.15) is 0 Å². The van der Waals surface area contributed by atoms with Gasteiger partial charge in [0.15, 0.2) is 0 Å². The molecule has 0 atom stereocenters. The lowest BCUT2D eigenvalue weighted by Gasteiger charge is -2.20. The van der Waals surface area contributed by atoms with Crippen molar-refractivity contribution in [3.63, 3.8) is 0 Å². The van der Waals surface area contributed by atoms with E-state index in [1.54, 1.807) is 0 Å². The summed E-state index contributed by atoms with van der Waals surface area (Å²) in [5, 5.41) is 8.96. The van der Waals surface area contributed by atoms with Crippen LogP contribution in [0.1, 0.15) is 43.9 Å². The summed E-state index contributed by atoms with van der Waals surface area (Å²) in [5.41, 5.74) is 0.500. The van der Waals surface area contributed by atoms with Crippen molar-refractivity contribution in [2.75, 3.05) is 20.1 Å². The Bertz CT molecular complexity index is 637. The van der Waals surface area contributed by atoms with E-state index in [2.05, 4.69) is 4.90 Å². The van der Waals surface area contributed by atoms with Gasteiger partial charge >= 0.3 is 5.97 Å². The van der Waals surface area contributed by atoms with Gasteiger partial charge in [-0.05, 0) is 38.1 Å². The first-order valence-electron chi connectivity index (χ1n) is 6.93. The third kappa shape index (κ3) is 2.42. The second-order valence-electron chi connectivity index (χ2n) is 5.54. The predicted octanol–water partition coefficient (Wildman–Crippen LogP) is 1.07. The van der Waals surface area contributed by atoms with Gasteiger partial charge in [0, 0.05) is 19.1 Å². The van der Waals surface area contributed by atoms with Crippen molar-refractivity contribution in [3.8, 4) is 0 Å². The number of carbonyl (C=O) groups is 3. The fraction of sp³-hybridized carbons (Fsp3) is 0.400. The molecule has 1 aliphatic heterocycles. The van der Waals surface area contributed by atoms with Crippen LogP contribution in [0.5, 0.6) is 0 Å². The average molecular weight is 288 g/mol. The lowest BCUT2D eigenvalue weighted by Crippen LogP contribution is -2.37. The van der Waals surface area contributed by atoms with E-state index in [0.29, 0.717) is 24.7 Å². The molecule has 0 bridgehead atoms. The molecule has 1 saturated carbocycles. The van der Waals surface area contributed by atoms with Crippen LogP contribution in [0.15, 0.2) is 18.2 Å². The van der Waals surface area contributed by atoms with Crippen molar-refractivity contribution in [2.24, 2.45) is 0 Å². The first kappa shape index (κ1) is 13.8. The largest absolute Gasteiger partial charge is 0.478 e. The third-order valence-corrected chi connectivity index (χ3v) is 4.06. The number of likely N-dealkylation sites (N-methyl/N-ethyl adjacent to an activating group) is 1. The number of hydrogen-bond acceptors (Lipinski definition) is 4. The van der Waals surface area contributed by atoms with Gasteiger partial charge in [-0.2, -0.15) is 0 Å². The van der Waals surface area contributed by atoms with Crippen LogP contribution < -0.4 is 0 Å². The molecule has 1 heterocycles. The summed E-state index contributed by atoms with van der Waals surface area (Å²) in [4.78, 5) is 38.8. The van der Waals surface area contributed by atoms with Crippen LogP contribution in [0.2, 0.25) is 0 Å². The standard InChI is InChI=1S/C15H16N2O4/c1-16(10-3-4-10)6-7-17-13(18)11-5-2-9(15(20)21)8-12(11)14(17)19/h2,5,8,10H,3-4,6-7H2,1H3,(H,20,21). The molecule has 0 radical (unpaired) electrons. The highest BCUT2D eigenvalue weighted by atomic mass is 16.4. The highest BCUT2D eigenvalue weighted by Gasteiger charge is 2.36. The maximum atomic E-state index is 12.3. The van der Waals surface area contributed by atoms with Crippen LogP contribution in [0.3, 0.4) is 0 Å². The van der Waals surface area contributed by atoms with E-state index >= 15 is 0 Å². The number of benzene rings is 1. The number of carboxylic acid groups (broad SMARTS) is 1. The molecule has 6 nitrogen and oxygen atoms in total. The SMILES string of the molecule is CN(CCN1C(=O)c2ccc(C(=O)O)cc2C1=O)C1CC1. The quantitative estimate of drug-likeness (QED) is 0.820. The smallest absolute Gasteiger partial charge is 0.335 e. The highest BCUT2D eigenvalue weighted by molar-refractivity contribution is 6.21. The molecule has 0 saturated heterocycles. The monoisotopic (exact) mass is 288 g/mol. The lowest BCUT2D eigenvalue weighted by atomic mass is 10.1. The number of carboxylic acids is 1. The van der Waals surface area contributed by atoms with E-state index < -0.39 is 11.9 Å².